The number of pyridine rings is 1. The zero-order valence-electron chi connectivity index (χ0n) is 14.7. The van der Waals surface area contributed by atoms with Crippen molar-refractivity contribution in [1.29, 1.82) is 0 Å². The maximum Gasteiger partial charge on any atom is 0.255 e. The van der Waals surface area contributed by atoms with E-state index in [0.29, 0.717) is 6.54 Å². The number of H-pyrrole nitrogens is 1. The number of aromatic nitrogens is 4. The first-order valence-electron chi connectivity index (χ1n) is 8.91. The van der Waals surface area contributed by atoms with E-state index in [-0.39, 0.29) is 5.56 Å². The molecular weight excluding hydrogens is 314 g/mol. The second-order valence-electron chi connectivity index (χ2n) is 6.72. The largest absolute Gasteiger partial charge is 0.310 e. The predicted octanol–water partition coefficient (Wildman–Crippen LogP) is 2.24. The first-order valence-corrected chi connectivity index (χ1v) is 8.91. The number of aryl methyl sites for hydroxylation is 2. The normalized spacial score (nSPS) is 14.8. The maximum absolute atomic E-state index is 12.4. The van der Waals surface area contributed by atoms with Gasteiger partial charge in [0.2, 0.25) is 0 Å². The van der Waals surface area contributed by atoms with E-state index in [4.69, 9.17) is 0 Å². The lowest BCUT2D eigenvalue weighted by atomic mass is 10.1. The van der Waals surface area contributed by atoms with Crippen LogP contribution in [0.25, 0.3) is 5.65 Å². The summed E-state index contributed by atoms with van der Waals surface area (Å²) in [4.78, 5) is 27.0. The Kier molecular flexibility index (Phi) is 4.13. The highest BCUT2D eigenvalue weighted by molar-refractivity contribution is 5.42. The third-order valence-corrected chi connectivity index (χ3v) is 4.89. The molecule has 3 aromatic rings. The summed E-state index contributed by atoms with van der Waals surface area (Å²) in [6.45, 7) is 6.48. The fourth-order valence-electron chi connectivity index (χ4n) is 3.59. The SMILES string of the molecule is CCCc1nc2c(c(=O)[nH]1)CN(Cc1c(C)nc3ccccn13)CC2. The van der Waals surface area contributed by atoms with Gasteiger partial charge in [-0.3, -0.25) is 9.69 Å². The second-order valence-corrected chi connectivity index (χ2v) is 6.72. The van der Waals surface area contributed by atoms with E-state index in [1.807, 2.05) is 31.3 Å². The highest BCUT2D eigenvalue weighted by atomic mass is 16.1. The summed E-state index contributed by atoms with van der Waals surface area (Å²) in [5, 5.41) is 0. The van der Waals surface area contributed by atoms with Crippen LogP contribution in [0.5, 0.6) is 0 Å². The van der Waals surface area contributed by atoms with Gasteiger partial charge in [-0.25, -0.2) is 9.97 Å². The van der Waals surface area contributed by atoms with Crippen LogP contribution in [-0.2, 0) is 25.9 Å². The molecule has 25 heavy (non-hydrogen) atoms. The Bertz CT molecular complexity index is 972. The van der Waals surface area contributed by atoms with Gasteiger partial charge < -0.3 is 9.38 Å². The molecule has 1 aliphatic rings. The number of nitrogens with zero attached hydrogens (tertiary/aromatic N) is 4. The molecule has 6 heteroatoms. The van der Waals surface area contributed by atoms with Crippen LogP contribution < -0.4 is 5.56 Å². The molecule has 1 N–H and O–H groups in total. The summed E-state index contributed by atoms with van der Waals surface area (Å²) in [7, 11) is 0. The van der Waals surface area contributed by atoms with Crippen LogP contribution in [0.3, 0.4) is 0 Å². The fourth-order valence-corrected chi connectivity index (χ4v) is 3.59. The third kappa shape index (κ3) is 2.98. The number of aromatic amines is 1. The smallest absolute Gasteiger partial charge is 0.255 e. The molecule has 4 rings (SSSR count). The summed E-state index contributed by atoms with van der Waals surface area (Å²) in [5.41, 5.74) is 5.01. The van der Waals surface area contributed by atoms with E-state index in [1.54, 1.807) is 0 Å². The van der Waals surface area contributed by atoms with Gasteiger partial charge in [0.05, 0.1) is 22.6 Å². The average Bonchev–Trinajstić information content (AvgIpc) is 2.91. The molecule has 0 fully saturated rings. The summed E-state index contributed by atoms with van der Waals surface area (Å²) in [5.74, 6) is 0.817. The molecule has 3 aromatic heterocycles. The van der Waals surface area contributed by atoms with Gasteiger partial charge in [0.15, 0.2) is 0 Å². The highest BCUT2D eigenvalue weighted by Gasteiger charge is 2.22. The van der Waals surface area contributed by atoms with Gasteiger partial charge in [-0.1, -0.05) is 13.0 Å². The van der Waals surface area contributed by atoms with Crippen LogP contribution in [0.15, 0.2) is 29.2 Å². The lowest BCUT2D eigenvalue weighted by Gasteiger charge is -2.27. The van der Waals surface area contributed by atoms with Crippen LogP contribution in [0, 0.1) is 6.92 Å². The minimum atomic E-state index is 0.0213. The van der Waals surface area contributed by atoms with Gasteiger partial charge in [-0.05, 0) is 25.5 Å². The molecule has 1 aliphatic heterocycles. The van der Waals surface area contributed by atoms with Crippen molar-refractivity contribution in [3.05, 3.63) is 63.2 Å². The number of fused-ring (bicyclic) bond motifs is 2. The van der Waals surface area contributed by atoms with Crippen molar-refractivity contribution in [2.24, 2.45) is 0 Å². The van der Waals surface area contributed by atoms with Gasteiger partial charge in [0, 0.05) is 38.7 Å². The van der Waals surface area contributed by atoms with Gasteiger partial charge in [0.1, 0.15) is 11.5 Å². The standard InChI is InChI=1S/C19H23N5O/c1-3-6-17-21-15-8-10-23(11-14(15)19(25)22-17)12-16-13(2)20-18-7-4-5-9-24(16)18/h4-5,7,9H,3,6,8,10-12H2,1-2H3,(H,21,22,25). The van der Waals surface area contributed by atoms with Gasteiger partial charge >= 0.3 is 0 Å². The molecule has 0 unspecified atom stereocenters. The molecule has 0 amide bonds. The van der Waals surface area contributed by atoms with Crippen molar-refractivity contribution in [2.45, 2.75) is 46.2 Å². The van der Waals surface area contributed by atoms with E-state index in [0.717, 1.165) is 60.8 Å². The Morgan fingerprint density at radius 3 is 3.00 bits per heavy atom. The summed E-state index contributed by atoms with van der Waals surface area (Å²) in [6.07, 6.45) is 4.69. The van der Waals surface area contributed by atoms with Crippen LogP contribution in [-0.4, -0.2) is 30.8 Å². The van der Waals surface area contributed by atoms with Gasteiger partial charge in [-0.2, -0.15) is 0 Å². The Morgan fingerprint density at radius 1 is 1.28 bits per heavy atom. The van der Waals surface area contributed by atoms with Crippen molar-refractivity contribution >= 4 is 5.65 Å². The van der Waals surface area contributed by atoms with Crippen molar-refractivity contribution in [1.82, 2.24) is 24.3 Å². The van der Waals surface area contributed by atoms with E-state index in [1.165, 1.54) is 5.69 Å². The Labute approximate surface area is 146 Å². The topological polar surface area (TPSA) is 66.3 Å². The van der Waals surface area contributed by atoms with E-state index in [9.17, 15) is 4.79 Å². The number of imidazole rings is 1. The molecule has 0 spiro atoms. The van der Waals surface area contributed by atoms with Crippen molar-refractivity contribution in [2.75, 3.05) is 6.54 Å². The summed E-state index contributed by atoms with van der Waals surface area (Å²) >= 11 is 0. The van der Waals surface area contributed by atoms with Crippen LogP contribution >= 0.6 is 0 Å². The maximum atomic E-state index is 12.4. The number of rotatable bonds is 4. The predicted molar refractivity (Wildman–Crippen MR) is 96.6 cm³/mol. The fraction of sp³-hybridized carbons (Fsp3) is 0.421. The second kappa shape index (κ2) is 6.44. The Morgan fingerprint density at radius 2 is 2.16 bits per heavy atom. The lowest BCUT2D eigenvalue weighted by Crippen LogP contribution is -2.36. The summed E-state index contributed by atoms with van der Waals surface area (Å²) in [6, 6.07) is 6.04. The van der Waals surface area contributed by atoms with E-state index < -0.39 is 0 Å². The lowest BCUT2D eigenvalue weighted by molar-refractivity contribution is 0.237. The minimum absolute atomic E-state index is 0.0213. The van der Waals surface area contributed by atoms with Crippen LogP contribution in [0.4, 0.5) is 0 Å². The molecule has 0 radical (unpaired) electrons. The van der Waals surface area contributed by atoms with Gasteiger partial charge in [0.25, 0.3) is 5.56 Å². The highest BCUT2D eigenvalue weighted by Crippen LogP contribution is 2.19. The molecule has 0 atom stereocenters. The minimum Gasteiger partial charge on any atom is -0.310 e. The zero-order chi connectivity index (χ0) is 17.4. The molecule has 130 valence electrons. The Balaban J connectivity index is 1.60. The molecule has 6 nitrogen and oxygen atoms in total. The molecule has 4 heterocycles. The van der Waals surface area contributed by atoms with Crippen molar-refractivity contribution < 1.29 is 0 Å². The molecule has 0 aromatic carbocycles. The number of hydrogen-bond acceptors (Lipinski definition) is 4. The van der Waals surface area contributed by atoms with Crippen LogP contribution in [0.2, 0.25) is 0 Å². The van der Waals surface area contributed by atoms with Crippen LogP contribution in [0.1, 0.15) is 41.8 Å². The van der Waals surface area contributed by atoms with E-state index >= 15 is 0 Å². The molecular formula is C19H23N5O. The quantitative estimate of drug-likeness (QED) is 0.793. The van der Waals surface area contributed by atoms with Crippen molar-refractivity contribution in [3.8, 4) is 0 Å². The number of nitrogens with one attached hydrogen (secondary N) is 1. The molecule has 0 aliphatic carbocycles. The van der Waals surface area contributed by atoms with Gasteiger partial charge in [-0.15, -0.1) is 0 Å². The average molecular weight is 337 g/mol. The van der Waals surface area contributed by atoms with Crippen molar-refractivity contribution in [3.63, 3.8) is 0 Å². The first kappa shape index (κ1) is 16.0. The molecule has 0 saturated carbocycles. The molecule has 0 bridgehead atoms. The van der Waals surface area contributed by atoms with E-state index in [2.05, 4.69) is 31.2 Å². The third-order valence-electron chi connectivity index (χ3n) is 4.89. The number of hydrogen-bond donors (Lipinski definition) is 1. The molecule has 0 saturated heterocycles. The first-order chi connectivity index (χ1) is 12.2. The Hall–Kier alpha value is -2.47. The monoisotopic (exact) mass is 337 g/mol. The zero-order valence-corrected chi connectivity index (χ0v) is 14.7. The summed E-state index contributed by atoms with van der Waals surface area (Å²) < 4.78 is 2.14.